The summed E-state index contributed by atoms with van der Waals surface area (Å²) in [7, 11) is 0. The van der Waals surface area contributed by atoms with E-state index in [1.165, 1.54) is 6.08 Å². The second-order valence-electron chi connectivity index (χ2n) is 5.15. The molecule has 6 heteroatoms. The molecule has 2 N–H and O–H groups in total. The monoisotopic (exact) mass is 353 g/mol. The molecule has 0 spiro atoms. The predicted octanol–water partition coefficient (Wildman–Crippen LogP) is 3.52. The number of rotatable bonds is 6. The second kappa shape index (κ2) is 9.26. The third-order valence-electron chi connectivity index (χ3n) is 3.26. The highest BCUT2D eigenvalue weighted by molar-refractivity contribution is 6.32. The first-order valence-electron chi connectivity index (χ1n) is 7.54. The first-order chi connectivity index (χ1) is 12.1. The molecule has 0 atom stereocenters. The number of nitrogens with zero attached hydrogens (tertiary/aromatic N) is 1. The molecule has 0 radical (unpaired) electrons. The topological polar surface area (TPSA) is 82.0 Å². The molecule has 0 aliphatic heterocycles. The van der Waals surface area contributed by atoms with Crippen LogP contribution in [0.25, 0.3) is 6.08 Å². The lowest BCUT2D eigenvalue weighted by molar-refractivity contribution is -0.117. The Morgan fingerprint density at radius 2 is 1.84 bits per heavy atom. The molecule has 0 aliphatic rings. The molecule has 0 heterocycles. The molecule has 126 valence electrons. The van der Waals surface area contributed by atoms with E-state index < -0.39 is 0 Å². The predicted molar refractivity (Wildman–Crippen MR) is 97.6 cm³/mol. The molecule has 5 nitrogen and oxygen atoms in total. The van der Waals surface area contributed by atoms with Crippen LogP contribution < -0.4 is 10.6 Å². The van der Waals surface area contributed by atoms with Crippen molar-refractivity contribution in [1.29, 1.82) is 5.26 Å². The summed E-state index contributed by atoms with van der Waals surface area (Å²) < 4.78 is 0. The molecule has 25 heavy (non-hydrogen) atoms. The van der Waals surface area contributed by atoms with Crippen LogP contribution in [0.4, 0.5) is 5.69 Å². The fraction of sp³-hybridized carbons (Fsp3) is 0.105. The van der Waals surface area contributed by atoms with E-state index in [4.69, 9.17) is 16.9 Å². The SMILES string of the molecule is N#CCC(=O)Nc1ccc(CNC(=O)/C=C/c2ccccc2Cl)cc1. The molecule has 0 fully saturated rings. The molecule has 2 aromatic rings. The summed E-state index contributed by atoms with van der Waals surface area (Å²) in [6, 6.07) is 16.1. The second-order valence-corrected chi connectivity index (χ2v) is 5.56. The fourth-order valence-corrected chi connectivity index (χ4v) is 2.21. The van der Waals surface area contributed by atoms with E-state index in [9.17, 15) is 9.59 Å². The van der Waals surface area contributed by atoms with Crippen molar-refractivity contribution in [1.82, 2.24) is 5.32 Å². The van der Waals surface area contributed by atoms with Crippen molar-refractivity contribution in [2.45, 2.75) is 13.0 Å². The molecule has 0 saturated carbocycles. The van der Waals surface area contributed by atoms with Gasteiger partial charge in [-0.25, -0.2) is 0 Å². The first kappa shape index (κ1) is 18.2. The Labute approximate surface area is 150 Å². The molecule has 2 rings (SSSR count). The zero-order chi connectivity index (χ0) is 18.1. The van der Waals surface area contributed by atoms with E-state index in [1.54, 1.807) is 42.5 Å². The summed E-state index contributed by atoms with van der Waals surface area (Å²) in [6.45, 7) is 0.359. The zero-order valence-electron chi connectivity index (χ0n) is 13.3. The van der Waals surface area contributed by atoms with Gasteiger partial charge >= 0.3 is 0 Å². The van der Waals surface area contributed by atoms with E-state index in [2.05, 4.69) is 10.6 Å². The Kier molecular flexibility index (Phi) is 6.76. The highest BCUT2D eigenvalue weighted by atomic mass is 35.5. The van der Waals surface area contributed by atoms with Gasteiger partial charge in [-0.05, 0) is 35.4 Å². The standard InChI is InChI=1S/C19H16ClN3O2/c20-17-4-2-1-3-15(17)7-10-18(24)22-13-14-5-8-16(9-6-14)23-19(25)11-12-21/h1-10H,11,13H2,(H,22,24)(H,23,25)/b10-7+. The van der Waals surface area contributed by atoms with Crippen LogP contribution in [0.5, 0.6) is 0 Å². The van der Waals surface area contributed by atoms with Gasteiger partial charge in [0.25, 0.3) is 0 Å². The van der Waals surface area contributed by atoms with Crippen LogP contribution in [-0.2, 0) is 16.1 Å². The Morgan fingerprint density at radius 3 is 2.52 bits per heavy atom. The lowest BCUT2D eigenvalue weighted by atomic mass is 10.2. The van der Waals surface area contributed by atoms with Crippen molar-refractivity contribution < 1.29 is 9.59 Å². The summed E-state index contributed by atoms with van der Waals surface area (Å²) in [5.41, 5.74) is 2.27. The van der Waals surface area contributed by atoms with Gasteiger partial charge in [-0.15, -0.1) is 0 Å². The highest BCUT2D eigenvalue weighted by Gasteiger charge is 2.02. The quantitative estimate of drug-likeness (QED) is 0.779. The largest absolute Gasteiger partial charge is 0.348 e. The maximum Gasteiger partial charge on any atom is 0.244 e. The number of hydrogen-bond donors (Lipinski definition) is 2. The van der Waals surface area contributed by atoms with Gasteiger partial charge in [0.2, 0.25) is 11.8 Å². The van der Waals surface area contributed by atoms with Gasteiger partial charge in [0.1, 0.15) is 6.42 Å². The smallest absolute Gasteiger partial charge is 0.244 e. The normalized spacial score (nSPS) is 10.2. The third-order valence-corrected chi connectivity index (χ3v) is 3.61. The number of amides is 2. The lowest BCUT2D eigenvalue weighted by Gasteiger charge is -2.06. The van der Waals surface area contributed by atoms with Crippen LogP contribution in [0.2, 0.25) is 5.02 Å². The number of hydrogen-bond acceptors (Lipinski definition) is 3. The number of nitriles is 1. The minimum Gasteiger partial charge on any atom is -0.348 e. The molecule has 2 amide bonds. The molecular weight excluding hydrogens is 338 g/mol. The van der Waals surface area contributed by atoms with Crippen LogP contribution in [-0.4, -0.2) is 11.8 Å². The van der Waals surface area contributed by atoms with Crippen LogP contribution >= 0.6 is 11.6 Å². The number of nitrogens with one attached hydrogen (secondary N) is 2. The Balaban J connectivity index is 1.84. The molecule has 0 unspecified atom stereocenters. The van der Waals surface area contributed by atoms with Gasteiger partial charge in [0.05, 0.1) is 6.07 Å². The maximum atomic E-state index is 11.9. The highest BCUT2D eigenvalue weighted by Crippen LogP contribution is 2.16. The number of carbonyl (C=O) groups excluding carboxylic acids is 2. The van der Waals surface area contributed by atoms with E-state index in [0.717, 1.165) is 11.1 Å². The number of halogens is 1. The number of benzene rings is 2. The Morgan fingerprint density at radius 1 is 1.12 bits per heavy atom. The van der Waals surface area contributed by atoms with Gasteiger partial charge in [0, 0.05) is 23.3 Å². The van der Waals surface area contributed by atoms with Gasteiger partial charge in [-0.2, -0.15) is 5.26 Å². The third kappa shape index (κ3) is 6.13. The molecule has 2 aromatic carbocycles. The first-order valence-corrected chi connectivity index (χ1v) is 7.92. The van der Waals surface area contributed by atoms with Crippen molar-refractivity contribution in [3.8, 4) is 6.07 Å². The average molecular weight is 354 g/mol. The molecule has 0 aliphatic carbocycles. The van der Waals surface area contributed by atoms with Crippen molar-refractivity contribution in [2.24, 2.45) is 0 Å². The number of carbonyl (C=O) groups is 2. The molecule has 0 saturated heterocycles. The summed E-state index contributed by atoms with van der Waals surface area (Å²) in [5, 5.41) is 14.4. The molecule has 0 aromatic heterocycles. The van der Waals surface area contributed by atoms with E-state index in [-0.39, 0.29) is 18.2 Å². The zero-order valence-corrected chi connectivity index (χ0v) is 14.1. The van der Waals surface area contributed by atoms with Crippen LogP contribution in [0, 0.1) is 11.3 Å². The minimum absolute atomic E-state index is 0.185. The maximum absolute atomic E-state index is 11.9. The van der Waals surface area contributed by atoms with E-state index in [0.29, 0.717) is 17.3 Å². The van der Waals surface area contributed by atoms with Crippen molar-refractivity contribution in [3.05, 3.63) is 70.8 Å². The average Bonchev–Trinajstić information content (AvgIpc) is 2.60. The summed E-state index contributed by atoms with van der Waals surface area (Å²) in [5.74, 6) is -0.584. The van der Waals surface area contributed by atoms with Crippen LogP contribution in [0.15, 0.2) is 54.6 Å². The fourth-order valence-electron chi connectivity index (χ4n) is 2.01. The van der Waals surface area contributed by atoms with Gasteiger partial charge in [-0.1, -0.05) is 41.9 Å². The summed E-state index contributed by atoms with van der Waals surface area (Å²) in [6.07, 6.45) is 2.90. The van der Waals surface area contributed by atoms with Crippen LogP contribution in [0.3, 0.4) is 0 Å². The molecule has 0 bridgehead atoms. The Hall–Kier alpha value is -3.10. The minimum atomic E-state index is -0.353. The van der Waals surface area contributed by atoms with Crippen molar-refractivity contribution >= 4 is 35.2 Å². The number of anilines is 1. The van der Waals surface area contributed by atoms with E-state index in [1.807, 2.05) is 18.2 Å². The van der Waals surface area contributed by atoms with Gasteiger partial charge in [-0.3, -0.25) is 9.59 Å². The van der Waals surface area contributed by atoms with Crippen LogP contribution in [0.1, 0.15) is 17.5 Å². The molecular formula is C19H16ClN3O2. The van der Waals surface area contributed by atoms with Crippen molar-refractivity contribution in [3.63, 3.8) is 0 Å². The Bertz CT molecular complexity index is 823. The van der Waals surface area contributed by atoms with Crippen molar-refractivity contribution in [2.75, 3.05) is 5.32 Å². The lowest BCUT2D eigenvalue weighted by Crippen LogP contribution is -2.20. The van der Waals surface area contributed by atoms with E-state index >= 15 is 0 Å². The summed E-state index contributed by atoms with van der Waals surface area (Å²) in [4.78, 5) is 23.2. The van der Waals surface area contributed by atoms with Gasteiger partial charge < -0.3 is 10.6 Å². The van der Waals surface area contributed by atoms with Gasteiger partial charge in [0.15, 0.2) is 0 Å². The summed E-state index contributed by atoms with van der Waals surface area (Å²) >= 11 is 6.02.